The molecule has 14 heavy (non-hydrogen) atoms. The van der Waals surface area contributed by atoms with Crippen LogP contribution in [-0.2, 0) is 0 Å². The first-order valence-electron chi connectivity index (χ1n) is 3.40. The molecule has 0 fully saturated rings. The molecule has 82 valence electrons. The zero-order valence-corrected chi connectivity index (χ0v) is 13.8. The van der Waals surface area contributed by atoms with Crippen molar-refractivity contribution in [2.75, 3.05) is 0 Å². The fourth-order valence-electron chi connectivity index (χ4n) is 0.406. The zero-order valence-electron chi connectivity index (χ0n) is 6.89. The molecule has 0 spiro atoms. The fraction of sp³-hybridized carbons (Fsp3) is 0. The summed E-state index contributed by atoms with van der Waals surface area (Å²) in [6.45, 7) is 0. The van der Waals surface area contributed by atoms with E-state index in [0.717, 1.165) is 8.51 Å². The summed E-state index contributed by atoms with van der Waals surface area (Å²) < 4.78 is 23.6. The van der Waals surface area contributed by atoms with Crippen LogP contribution in [0.5, 0.6) is 0 Å². The second kappa shape index (κ2) is 10.2. The van der Waals surface area contributed by atoms with Gasteiger partial charge in [-0.2, -0.15) is 4.51 Å². The van der Waals surface area contributed by atoms with Gasteiger partial charge in [0.2, 0.25) is 0 Å². The number of H-pyrrole nitrogens is 6. The quantitative estimate of drug-likeness (QED) is 0.431. The normalized spacial score (nSPS) is 12.0. The van der Waals surface area contributed by atoms with Crippen molar-refractivity contribution in [3.8, 4) is 0 Å². The Labute approximate surface area is 91.4 Å². The summed E-state index contributed by atoms with van der Waals surface area (Å²) in [7, 11) is 4.34. The largest absolute Gasteiger partial charge is 0.314 e. The molecule has 0 bridgehead atoms. The molecule has 6 unspecified atom stereocenters. The Morgan fingerprint density at radius 1 is 0.714 bits per heavy atom. The van der Waals surface area contributed by atoms with Crippen LogP contribution in [0, 0.1) is 0 Å². The molecule has 14 heteroatoms. The van der Waals surface area contributed by atoms with E-state index in [1.54, 1.807) is 0 Å². The van der Waals surface area contributed by atoms with Gasteiger partial charge in [0.15, 0.2) is 0 Å². The minimum absolute atomic E-state index is 0.466. The third-order valence-corrected chi connectivity index (χ3v) is 7.42. The maximum absolute atomic E-state index is 4.24. The SMILES string of the molecule is n1p[nH][pH][nH][pH][nH][pH][nH][pH][nH][pH][nH][pH]1. The van der Waals surface area contributed by atoms with E-state index in [9.17, 15) is 0 Å². The van der Waals surface area contributed by atoms with Crippen molar-refractivity contribution in [3.05, 3.63) is 0 Å². The van der Waals surface area contributed by atoms with Crippen molar-refractivity contribution < 1.29 is 0 Å². The molecule has 0 radical (unpaired) electrons. The van der Waals surface area contributed by atoms with E-state index in [4.69, 9.17) is 0 Å². The number of nitrogens with one attached hydrogen (secondary N) is 6. The number of rotatable bonds is 0. The van der Waals surface area contributed by atoms with Gasteiger partial charge in [-0.05, 0) is 0 Å². The first kappa shape index (κ1) is 12.8. The van der Waals surface area contributed by atoms with Crippen LogP contribution in [0.1, 0.15) is 0 Å². The summed E-state index contributed by atoms with van der Waals surface area (Å²) in [4.78, 5) is 0. The molecule has 0 aliphatic rings. The highest BCUT2D eigenvalue weighted by atomic mass is 31.1. The average Bonchev–Trinajstić information content (AvgIpc) is 2.22. The van der Waals surface area contributed by atoms with Crippen molar-refractivity contribution in [3.63, 3.8) is 0 Å². The minimum atomic E-state index is 0.466. The Kier molecular flexibility index (Phi) is 9.33. The van der Waals surface area contributed by atoms with Crippen molar-refractivity contribution in [2.45, 2.75) is 0 Å². The van der Waals surface area contributed by atoms with E-state index in [1.165, 1.54) is 0 Å². The number of hydrogen-bond donors (Lipinski definition) is 6. The molecule has 0 aromatic carbocycles. The van der Waals surface area contributed by atoms with Crippen LogP contribution in [0.15, 0.2) is 0 Å². The van der Waals surface area contributed by atoms with Crippen LogP contribution >= 0.6 is 59.6 Å². The first-order valence-corrected chi connectivity index (χ1v) is 10.2. The van der Waals surface area contributed by atoms with Gasteiger partial charge >= 0.3 is 0 Å². The Hall–Kier alpha value is 0.700. The van der Waals surface area contributed by atoms with E-state index in [1.807, 2.05) is 0 Å². The maximum atomic E-state index is 4.24. The van der Waals surface area contributed by atoms with E-state index < -0.39 is 0 Å². The molecule has 0 saturated heterocycles. The van der Waals surface area contributed by atoms with Gasteiger partial charge < -0.3 is 27.1 Å². The summed E-state index contributed by atoms with van der Waals surface area (Å²) in [6.07, 6.45) is 0. The molecule has 1 aromatic heterocycles. The number of nitrogens with zero attached hydrogens (tertiary/aromatic N) is 1. The Bertz CT molecular complexity index is 227. The molecule has 0 saturated carbocycles. The van der Waals surface area contributed by atoms with Crippen LogP contribution in [0.3, 0.4) is 0 Å². The molecule has 1 rings (SSSR count). The standard InChI is InChI=1S/H12N7P7/c1-8-2-10-4-12-6-14-7-13-5-11-3-9-1/h1-5,8-13H,(H,6,7). The molecule has 6 atom stereocenters. The summed E-state index contributed by atoms with van der Waals surface area (Å²) in [5.74, 6) is 0. The van der Waals surface area contributed by atoms with Gasteiger partial charge in [0.1, 0.15) is 8.51 Å². The molecule has 1 aromatic rings. The predicted octanol–water partition coefficient (Wildman–Crippen LogP) is 3.44. The summed E-state index contributed by atoms with van der Waals surface area (Å²) in [5.41, 5.74) is 0. The first-order chi connectivity index (χ1) is 7.00. The number of hydrogen-bond acceptors (Lipinski definition) is 1. The lowest BCUT2D eigenvalue weighted by Crippen LogP contribution is -1.47. The molecule has 7 nitrogen and oxygen atoms in total. The second-order valence-electron chi connectivity index (χ2n) is 1.67. The van der Waals surface area contributed by atoms with Crippen molar-refractivity contribution >= 4 is 59.6 Å². The molecular weight excluding hydrogens is 315 g/mol. The summed E-state index contributed by atoms with van der Waals surface area (Å²) >= 11 is 0. The summed E-state index contributed by atoms with van der Waals surface area (Å²) in [5, 5.41) is 0. The molecule has 1 heterocycles. The van der Waals surface area contributed by atoms with Crippen molar-refractivity contribution in [1.82, 2.24) is 31.6 Å². The van der Waals surface area contributed by atoms with E-state index in [2.05, 4.69) is 31.6 Å². The van der Waals surface area contributed by atoms with Crippen molar-refractivity contribution in [1.29, 1.82) is 0 Å². The summed E-state index contributed by atoms with van der Waals surface area (Å²) in [6, 6.07) is 0. The topological polar surface area (TPSA) is 108 Å². The van der Waals surface area contributed by atoms with Gasteiger partial charge in [-0.1, -0.05) is 0 Å². The Morgan fingerprint density at radius 2 is 1.29 bits per heavy atom. The van der Waals surface area contributed by atoms with Crippen molar-refractivity contribution in [2.24, 2.45) is 0 Å². The van der Waals surface area contributed by atoms with Gasteiger partial charge in [0.05, 0.1) is 0 Å². The lowest BCUT2D eigenvalue weighted by atomic mass is 13.9. The fourth-order valence-corrected chi connectivity index (χ4v) is 7.31. The third-order valence-electron chi connectivity index (χ3n) is 0.824. The van der Waals surface area contributed by atoms with E-state index in [0.29, 0.717) is 51.1 Å². The Morgan fingerprint density at radius 3 is 2.00 bits per heavy atom. The molecule has 0 amide bonds. The lowest BCUT2D eigenvalue weighted by Gasteiger charge is -1.78. The Balaban J connectivity index is 3.00. The highest BCUT2D eigenvalue weighted by molar-refractivity contribution is 7.44. The van der Waals surface area contributed by atoms with E-state index in [-0.39, 0.29) is 0 Å². The average molecular weight is 327 g/mol. The highest BCUT2D eigenvalue weighted by Crippen LogP contribution is 2.02. The van der Waals surface area contributed by atoms with Gasteiger partial charge in [-0.15, -0.1) is 0 Å². The zero-order chi connectivity index (χ0) is 9.90. The molecule has 0 aliphatic carbocycles. The molecule has 0 aliphatic heterocycles. The number of aromatic amines is 6. The predicted molar refractivity (Wildman–Crippen MR) is 78.0 cm³/mol. The van der Waals surface area contributed by atoms with E-state index >= 15 is 0 Å². The lowest BCUT2D eigenvalue weighted by molar-refractivity contribution is 1.70. The minimum Gasteiger partial charge on any atom is -0.314 e. The monoisotopic (exact) mass is 327 g/mol. The van der Waals surface area contributed by atoms with Crippen LogP contribution in [-0.4, -0.2) is 31.6 Å². The van der Waals surface area contributed by atoms with Gasteiger partial charge in [0.25, 0.3) is 0 Å². The van der Waals surface area contributed by atoms with Crippen LogP contribution < -0.4 is 0 Å². The highest BCUT2D eigenvalue weighted by Gasteiger charge is 1.53. The molecular formula is H12N7P7. The van der Waals surface area contributed by atoms with Gasteiger partial charge in [0, 0.05) is 51.1 Å². The second-order valence-corrected chi connectivity index (χ2v) is 10.0. The van der Waals surface area contributed by atoms with Crippen LogP contribution in [0.2, 0.25) is 0 Å². The van der Waals surface area contributed by atoms with Gasteiger partial charge in [-0.25, -0.2) is 0 Å². The van der Waals surface area contributed by atoms with Crippen LogP contribution in [0.4, 0.5) is 0 Å². The number of aromatic nitrogens is 7. The van der Waals surface area contributed by atoms with Gasteiger partial charge in [-0.3, -0.25) is 0 Å². The molecule has 6 N–H and O–H groups in total. The smallest absolute Gasteiger partial charge is 0.138 e. The maximum Gasteiger partial charge on any atom is 0.138 e. The third kappa shape index (κ3) is 8.05. The van der Waals surface area contributed by atoms with Crippen LogP contribution in [0.25, 0.3) is 0 Å².